The van der Waals surface area contributed by atoms with Crippen LogP contribution in [0.3, 0.4) is 0 Å². The molecule has 38 heavy (non-hydrogen) atoms. The van der Waals surface area contributed by atoms with E-state index in [4.69, 9.17) is 19.2 Å². The SMILES string of the molecule is CCC(=O)C1=C(C)N=c2s/c(=C\c3cn(C)c4ccccc34)c(=O)n2[C@@H]1c1cc(OC)c(OC)c(OC)c1. The van der Waals surface area contributed by atoms with E-state index in [9.17, 15) is 9.59 Å². The molecule has 0 bridgehead atoms. The first kappa shape index (κ1) is 25.5. The topological polar surface area (TPSA) is 84.1 Å². The van der Waals surface area contributed by atoms with Gasteiger partial charge >= 0.3 is 0 Å². The molecule has 0 spiro atoms. The van der Waals surface area contributed by atoms with Crippen LogP contribution in [-0.4, -0.2) is 36.2 Å². The molecule has 1 aliphatic rings. The molecule has 0 amide bonds. The lowest BCUT2D eigenvalue weighted by molar-refractivity contribution is -0.115. The molecule has 4 aromatic rings. The molecular weight excluding hydrogens is 502 g/mol. The normalized spacial score (nSPS) is 15.4. The number of ketones is 1. The van der Waals surface area contributed by atoms with Crippen molar-refractivity contribution in [3.63, 3.8) is 0 Å². The van der Waals surface area contributed by atoms with E-state index in [-0.39, 0.29) is 17.8 Å². The van der Waals surface area contributed by atoms with Crippen LogP contribution >= 0.6 is 11.3 Å². The molecule has 1 aliphatic heterocycles. The summed E-state index contributed by atoms with van der Waals surface area (Å²) in [5, 5.41) is 1.06. The number of Topliss-reactive ketones (excluding diaryl/α,β-unsaturated/α-hetero) is 1. The summed E-state index contributed by atoms with van der Waals surface area (Å²) in [6.07, 6.45) is 4.20. The van der Waals surface area contributed by atoms with Crippen LogP contribution in [0.4, 0.5) is 0 Å². The second kappa shape index (κ2) is 9.98. The molecule has 0 aliphatic carbocycles. The first-order valence-electron chi connectivity index (χ1n) is 12.2. The Morgan fingerprint density at radius 2 is 1.79 bits per heavy atom. The zero-order valence-electron chi connectivity index (χ0n) is 22.2. The average Bonchev–Trinajstić information content (AvgIpc) is 3.41. The van der Waals surface area contributed by atoms with Crippen LogP contribution in [-0.2, 0) is 11.8 Å². The molecule has 0 radical (unpaired) electrons. The number of carbonyl (C=O) groups is 1. The van der Waals surface area contributed by atoms with Crippen LogP contribution in [0.2, 0.25) is 0 Å². The quantitative estimate of drug-likeness (QED) is 0.363. The number of methoxy groups -OCH3 is 3. The molecule has 0 unspecified atom stereocenters. The number of ether oxygens (including phenoxy) is 3. The number of rotatable bonds is 7. The Hall–Kier alpha value is -4.11. The van der Waals surface area contributed by atoms with Gasteiger partial charge in [0.15, 0.2) is 22.1 Å². The molecule has 9 heteroatoms. The van der Waals surface area contributed by atoms with Gasteiger partial charge in [0.25, 0.3) is 5.56 Å². The third kappa shape index (κ3) is 4.03. The van der Waals surface area contributed by atoms with Crippen molar-refractivity contribution in [3.05, 3.63) is 84.7 Å². The molecule has 1 atom stereocenters. The summed E-state index contributed by atoms with van der Waals surface area (Å²) >= 11 is 1.31. The van der Waals surface area contributed by atoms with Gasteiger partial charge < -0.3 is 18.8 Å². The summed E-state index contributed by atoms with van der Waals surface area (Å²) in [5.74, 6) is 1.25. The fourth-order valence-corrected chi connectivity index (χ4v) is 6.11. The Bertz CT molecular complexity index is 1770. The van der Waals surface area contributed by atoms with Gasteiger partial charge in [-0.25, -0.2) is 4.99 Å². The van der Waals surface area contributed by atoms with Crippen molar-refractivity contribution < 1.29 is 19.0 Å². The first-order chi connectivity index (χ1) is 18.3. The van der Waals surface area contributed by atoms with Gasteiger partial charge in [-0.05, 0) is 36.8 Å². The van der Waals surface area contributed by atoms with Crippen molar-refractivity contribution in [2.45, 2.75) is 26.3 Å². The number of para-hydroxylation sites is 1. The molecule has 5 rings (SSSR count). The minimum absolute atomic E-state index is 0.0756. The van der Waals surface area contributed by atoms with Crippen molar-refractivity contribution in [2.24, 2.45) is 12.0 Å². The van der Waals surface area contributed by atoms with Crippen molar-refractivity contribution in [2.75, 3.05) is 21.3 Å². The van der Waals surface area contributed by atoms with Crippen molar-refractivity contribution >= 4 is 34.1 Å². The molecule has 196 valence electrons. The highest BCUT2D eigenvalue weighted by atomic mass is 32.1. The Morgan fingerprint density at radius 3 is 2.42 bits per heavy atom. The van der Waals surface area contributed by atoms with Crippen LogP contribution < -0.4 is 29.1 Å². The minimum Gasteiger partial charge on any atom is -0.493 e. The molecule has 0 saturated heterocycles. The highest BCUT2D eigenvalue weighted by Crippen LogP contribution is 2.42. The third-order valence-electron chi connectivity index (χ3n) is 6.86. The number of fused-ring (bicyclic) bond motifs is 2. The molecule has 3 heterocycles. The van der Waals surface area contributed by atoms with E-state index in [1.807, 2.05) is 55.1 Å². The van der Waals surface area contributed by atoms with Gasteiger partial charge in [0.1, 0.15) is 0 Å². The van der Waals surface area contributed by atoms with Crippen LogP contribution in [0.5, 0.6) is 17.2 Å². The van der Waals surface area contributed by atoms with Gasteiger partial charge in [-0.2, -0.15) is 0 Å². The molecule has 2 aromatic heterocycles. The second-order valence-corrected chi connectivity index (χ2v) is 10.0. The van der Waals surface area contributed by atoms with E-state index in [1.165, 1.54) is 32.7 Å². The number of hydrogen-bond acceptors (Lipinski definition) is 7. The third-order valence-corrected chi connectivity index (χ3v) is 7.84. The summed E-state index contributed by atoms with van der Waals surface area (Å²) in [4.78, 5) is 32.5. The predicted molar refractivity (Wildman–Crippen MR) is 148 cm³/mol. The number of nitrogens with zero attached hydrogens (tertiary/aromatic N) is 3. The Labute approximate surface area is 223 Å². The molecule has 2 aromatic carbocycles. The maximum absolute atomic E-state index is 14.0. The van der Waals surface area contributed by atoms with Crippen molar-refractivity contribution in [1.82, 2.24) is 9.13 Å². The Morgan fingerprint density at radius 1 is 1.11 bits per heavy atom. The fraction of sp³-hybridized carbons (Fsp3) is 0.276. The summed E-state index contributed by atoms with van der Waals surface area (Å²) in [6.45, 7) is 3.62. The van der Waals surface area contributed by atoms with Crippen LogP contribution in [0.15, 0.2) is 63.7 Å². The number of allylic oxidation sites excluding steroid dienone is 2. The second-order valence-electron chi connectivity index (χ2n) is 9.03. The minimum atomic E-state index is -0.693. The van der Waals surface area contributed by atoms with E-state index >= 15 is 0 Å². The number of aryl methyl sites for hydroxylation is 1. The lowest BCUT2D eigenvalue weighted by atomic mass is 9.91. The monoisotopic (exact) mass is 531 g/mol. The number of thiazole rings is 1. The van der Waals surface area contributed by atoms with Crippen molar-refractivity contribution in [1.29, 1.82) is 0 Å². The lowest BCUT2D eigenvalue weighted by Gasteiger charge is -2.26. The largest absolute Gasteiger partial charge is 0.493 e. The highest BCUT2D eigenvalue weighted by molar-refractivity contribution is 7.07. The fourth-order valence-electron chi connectivity index (χ4n) is 5.07. The zero-order chi connectivity index (χ0) is 27.1. The molecule has 0 saturated carbocycles. The number of carbonyl (C=O) groups excluding carboxylic acids is 1. The highest BCUT2D eigenvalue weighted by Gasteiger charge is 2.33. The van der Waals surface area contributed by atoms with Crippen molar-refractivity contribution in [3.8, 4) is 17.2 Å². The number of aromatic nitrogens is 2. The van der Waals surface area contributed by atoms with Crippen LogP contribution in [0.25, 0.3) is 17.0 Å². The van der Waals surface area contributed by atoms with Gasteiger partial charge in [0.2, 0.25) is 5.75 Å². The first-order valence-corrected chi connectivity index (χ1v) is 13.0. The summed E-state index contributed by atoms with van der Waals surface area (Å²) in [5.41, 5.74) is 3.55. The smallest absolute Gasteiger partial charge is 0.271 e. The average molecular weight is 532 g/mol. The van der Waals surface area contributed by atoms with Crippen LogP contribution in [0.1, 0.15) is 37.4 Å². The van der Waals surface area contributed by atoms with Gasteiger partial charge in [0.05, 0.1) is 31.9 Å². The van der Waals surface area contributed by atoms with Crippen LogP contribution in [0, 0.1) is 0 Å². The van der Waals surface area contributed by atoms with E-state index in [0.717, 1.165) is 16.5 Å². The van der Waals surface area contributed by atoms with Gasteiger partial charge in [-0.1, -0.05) is 36.5 Å². The number of benzene rings is 2. The summed E-state index contributed by atoms with van der Waals surface area (Å²) in [6, 6.07) is 10.9. The zero-order valence-corrected chi connectivity index (χ0v) is 23.0. The summed E-state index contributed by atoms with van der Waals surface area (Å²) < 4.78 is 20.8. The molecular formula is C29H29N3O5S. The maximum atomic E-state index is 14.0. The maximum Gasteiger partial charge on any atom is 0.271 e. The van der Waals surface area contributed by atoms with E-state index in [0.29, 0.717) is 43.4 Å². The number of hydrogen-bond donors (Lipinski definition) is 0. The Kier molecular flexibility index (Phi) is 6.71. The molecule has 0 fully saturated rings. The standard InChI is InChI=1S/C29H29N3O5S/c1-7-21(33)25-16(2)30-29-32(26(25)17-12-22(35-4)27(37-6)23(13-17)36-5)28(34)24(38-29)14-18-15-31(3)20-11-9-8-10-19(18)20/h8-15,26H,7H2,1-6H3/b24-14-/t26-/m1/s1. The predicted octanol–water partition coefficient (Wildman–Crippen LogP) is 3.73. The molecule has 8 nitrogen and oxygen atoms in total. The van der Waals surface area contributed by atoms with E-state index in [2.05, 4.69) is 0 Å². The van der Waals surface area contributed by atoms with Gasteiger partial charge in [-0.15, -0.1) is 0 Å². The molecule has 0 N–H and O–H groups in total. The van der Waals surface area contributed by atoms with E-state index < -0.39 is 6.04 Å². The lowest BCUT2D eigenvalue weighted by Crippen LogP contribution is -2.39. The van der Waals surface area contributed by atoms with E-state index in [1.54, 1.807) is 23.6 Å². The van der Waals surface area contributed by atoms with Gasteiger partial charge in [-0.3, -0.25) is 14.2 Å². The summed E-state index contributed by atoms with van der Waals surface area (Å²) in [7, 11) is 6.59. The van der Waals surface area contributed by atoms with Gasteiger partial charge in [0, 0.05) is 47.4 Å². The Balaban J connectivity index is 1.79.